The molecule has 0 fully saturated rings. The van der Waals surface area contributed by atoms with Crippen molar-refractivity contribution in [2.24, 2.45) is 0 Å². The molecule has 2 aliphatic rings. The van der Waals surface area contributed by atoms with Crippen molar-refractivity contribution >= 4 is 0 Å². The molecule has 0 aromatic rings. The van der Waals surface area contributed by atoms with Gasteiger partial charge in [0, 0.05) is 12.2 Å². The van der Waals surface area contributed by atoms with Crippen molar-refractivity contribution in [1.29, 1.82) is 0 Å². The largest absolute Gasteiger partial charge is 0.384 e. The second kappa shape index (κ2) is 6.44. The molecule has 0 bridgehead atoms. The van der Waals surface area contributed by atoms with E-state index in [1.807, 2.05) is 0 Å². The van der Waals surface area contributed by atoms with E-state index in [2.05, 4.69) is 61.8 Å². The van der Waals surface area contributed by atoms with Gasteiger partial charge < -0.3 is 5.32 Å². The lowest BCUT2D eigenvalue weighted by molar-refractivity contribution is 0.659. The maximum atomic E-state index is 3.48. The van der Waals surface area contributed by atoms with Gasteiger partial charge in [-0.2, -0.15) is 0 Å². The molecule has 1 aliphatic heterocycles. The Hall–Kier alpha value is -1.50. The standard InChI is InChI=1S/C17H23N/c1-3-16-12-14(2)17(13-18-16)15-10-8-6-4-5-7-9-11-15/h4-6,8,10,12-13,16,18H,3,7,9,11H2,1-2H3/b5-4-,8-6-,15-10+. The summed E-state index contributed by atoms with van der Waals surface area (Å²) < 4.78 is 0. The zero-order chi connectivity index (χ0) is 12.8. The molecule has 96 valence electrons. The molecule has 2 rings (SSSR count). The fourth-order valence-electron chi connectivity index (χ4n) is 2.45. The molecule has 1 unspecified atom stereocenters. The summed E-state index contributed by atoms with van der Waals surface area (Å²) in [5.74, 6) is 0. The first kappa shape index (κ1) is 12.9. The maximum Gasteiger partial charge on any atom is 0.0442 e. The molecule has 1 heterocycles. The summed E-state index contributed by atoms with van der Waals surface area (Å²) in [7, 11) is 0. The van der Waals surface area contributed by atoms with Gasteiger partial charge in [0.2, 0.25) is 0 Å². The number of allylic oxidation sites excluding steroid dienone is 8. The van der Waals surface area contributed by atoms with Gasteiger partial charge in [0.25, 0.3) is 0 Å². The van der Waals surface area contributed by atoms with Gasteiger partial charge in [0.1, 0.15) is 0 Å². The van der Waals surface area contributed by atoms with Gasteiger partial charge in [-0.3, -0.25) is 0 Å². The van der Waals surface area contributed by atoms with Crippen molar-refractivity contribution in [3.63, 3.8) is 0 Å². The number of hydrogen-bond donors (Lipinski definition) is 1. The normalized spacial score (nSPS) is 30.6. The van der Waals surface area contributed by atoms with Crippen LogP contribution < -0.4 is 5.32 Å². The van der Waals surface area contributed by atoms with Crippen molar-refractivity contribution in [3.8, 4) is 0 Å². The highest BCUT2D eigenvalue weighted by Gasteiger charge is 2.13. The Labute approximate surface area is 111 Å². The molecule has 1 heteroatoms. The molecule has 1 N–H and O–H groups in total. The molecular weight excluding hydrogens is 218 g/mol. The van der Waals surface area contributed by atoms with Gasteiger partial charge >= 0.3 is 0 Å². The molecule has 0 aromatic carbocycles. The number of nitrogens with one attached hydrogen (secondary N) is 1. The molecule has 1 nitrogen and oxygen atoms in total. The lowest BCUT2D eigenvalue weighted by Crippen LogP contribution is -2.25. The quantitative estimate of drug-likeness (QED) is 0.754. The van der Waals surface area contributed by atoms with Gasteiger partial charge in [-0.15, -0.1) is 0 Å². The van der Waals surface area contributed by atoms with Crippen molar-refractivity contribution in [3.05, 3.63) is 59.4 Å². The highest BCUT2D eigenvalue weighted by molar-refractivity contribution is 5.49. The smallest absolute Gasteiger partial charge is 0.0442 e. The fourth-order valence-corrected chi connectivity index (χ4v) is 2.45. The lowest BCUT2D eigenvalue weighted by atomic mass is 9.91. The Morgan fingerprint density at radius 1 is 1.28 bits per heavy atom. The SMILES string of the molecule is CCC1C=C(C)C(/C2=C/C=C\C=C/CCC2)=CN1. The van der Waals surface area contributed by atoms with E-state index >= 15 is 0 Å². The molecule has 1 atom stereocenters. The Balaban J connectivity index is 2.18. The number of dihydropyridines is 1. The molecule has 0 saturated carbocycles. The van der Waals surface area contributed by atoms with Crippen LogP contribution in [0.4, 0.5) is 0 Å². The third-order valence-electron chi connectivity index (χ3n) is 3.58. The van der Waals surface area contributed by atoms with E-state index in [4.69, 9.17) is 0 Å². The Bertz CT molecular complexity index is 433. The summed E-state index contributed by atoms with van der Waals surface area (Å²) in [6.07, 6.45) is 20.2. The van der Waals surface area contributed by atoms with E-state index in [0.29, 0.717) is 6.04 Å². The van der Waals surface area contributed by atoms with Crippen LogP contribution in [-0.4, -0.2) is 6.04 Å². The average Bonchev–Trinajstić information content (AvgIpc) is 2.52. The average molecular weight is 241 g/mol. The van der Waals surface area contributed by atoms with Gasteiger partial charge in [-0.25, -0.2) is 0 Å². The Morgan fingerprint density at radius 2 is 2.17 bits per heavy atom. The van der Waals surface area contributed by atoms with Crippen molar-refractivity contribution in [2.45, 2.75) is 45.6 Å². The summed E-state index contributed by atoms with van der Waals surface area (Å²) in [5.41, 5.74) is 4.24. The van der Waals surface area contributed by atoms with Gasteiger partial charge in [-0.05, 0) is 49.3 Å². The fraction of sp³-hybridized carbons (Fsp3) is 0.412. The number of rotatable bonds is 2. The second-order valence-corrected chi connectivity index (χ2v) is 4.99. The van der Waals surface area contributed by atoms with Crippen LogP contribution in [-0.2, 0) is 0 Å². The minimum Gasteiger partial charge on any atom is -0.384 e. The van der Waals surface area contributed by atoms with Gasteiger partial charge in [-0.1, -0.05) is 43.4 Å². The van der Waals surface area contributed by atoms with Crippen LogP contribution in [0.1, 0.15) is 39.5 Å². The zero-order valence-electron chi connectivity index (χ0n) is 11.4. The van der Waals surface area contributed by atoms with Crippen molar-refractivity contribution < 1.29 is 0 Å². The first-order valence-corrected chi connectivity index (χ1v) is 6.99. The first-order valence-electron chi connectivity index (χ1n) is 6.99. The van der Waals surface area contributed by atoms with Crippen LogP contribution in [0.15, 0.2) is 59.4 Å². The van der Waals surface area contributed by atoms with E-state index in [1.165, 1.54) is 29.6 Å². The van der Waals surface area contributed by atoms with Gasteiger partial charge in [0.05, 0.1) is 0 Å². The third kappa shape index (κ3) is 3.25. The molecule has 0 saturated heterocycles. The van der Waals surface area contributed by atoms with Crippen LogP contribution >= 0.6 is 0 Å². The summed E-state index contributed by atoms with van der Waals surface area (Å²) in [5, 5.41) is 3.48. The van der Waals surface area contributed by atoms with Crippen LogP contribution in [0.3, 0.4) is 0 Å². The molecule has 0 aromatic heterocycles. The number of hydrogen-bond acceptors (Lipinski definition) is 1. The second-order valence-electron chi connectivity index (χ2n) is 4.99. The van der Waals surface area contributed by atoms with E-state index in [0.717, 1.165) is 12.8 Å². The molecule has 1 aliphatic carbocycles. The summed E-state index contributed by atoms with van der Waals surface area (Å²) in [6, 6.07) is 0.503. The van der Waals surface area contributed by atoms with E-state index in [-0.39, 0.29) is 0 Å². The lowest BCUT2D eigenvalue weighted by Gasteiger charge is -2.22. The van der Waals surface area contributed by atoms with Crippen LogP contribution in [0.5, 0.6) is 0 Å². The third-order valence-corrected chi connectivity index (χ3v) is 3.58. The van der Waals surface area contributed by atoms with Crippen LogP contribution in [0, 0.1) is 0 Å². The first-order chi connectivity index (χ1) is 8.81. The van der Waals surface area contributed by atoms with E-state index in [1.54, 1.807) is 0 Å². The summed E-state index contributed by atoms with van der Waals surface area (Å²) >= 11 is 0. The monoisotopic (exact) mass is 241 g/mol. The predicted molar refractivity (Wildman–Crippen MR) is 79.3 cm³/mol. The molecule has 0 amide bonds. The van der Waals surface area contributed by atoms with E-state index < -0.39 is 0 Å². The van der Waals surface area contributed by atoms with Crippen molar-refractivity contribution in [2.75, 3.05) is 0 Å². The maximum absolute atomic E-state index is 3.48. The summed E-state index contributed by atoms with van der Waals surface area (Å²) in [6.45, 7) is 4.44. The molecule has 18 heavy (non-hydrogen) atoms. The Kier molecular flexibility index (Phi) is 4.63. The van der Waals surface area contributed by atoms with Crippen LogP contribution in [0.25, 0.3) is 0 Å². The van der Waals surface area contributed by atoms with E-state index in [9.17, 15) is 0 Å². The molecular formula is C17H23N. The topological polar surface area (TPSA) is 12.0 Å². The van der Waals surface area contributed by atoms with Gasteiger partial charge in [0.15, 0.2) is 0 Å². The Morgan fingerprint density at radius 3 is 2.94 bits per heavy atom. The zero-order valence-corrected chi connectivity index (χ0v) is 11.4. The molecule has 0 radical (unpaired) electrons. The van der Waals surface area contributed by atoms with Crippen LogP contribution in [0.2, 0.25) is 0 Å². The molecule has 0 spiro atoms. The minimum absolute atomic E-state index is 0.503. The van der Waals surface area contributed by atoms with Crippen molar-refractivity contribution in [1.82, 2.24) is 5.32 Å². The minimum atomic E-state index is 0.503. The summed E-state index contributed by atoms with van der Waals surface area (Å²) in [4.78, 5) is 0. The predicted octanol–water partition coefficient (Wildman–Crippen LogP) is 4.42. The highest BCUT2D eigenvalue weighted by Crippen LogP contribution is 2.27. The highest BCUT2D eigenvalue weighted by atomic mass is 14.9.